The van der Waals surface area contributed by atoms with Gasteiger partial charge >= 0.3 is 6.03 Å². The van der Waals surface area contributed by atoms with Gasteiger partial charge in [0.05, 0.1) is 6.10 Å². The van der Waals surface area contributed by atoms with Crippen LogP contribution in [0.15, 0.2) is 24.3 Å². The molecule has 2 aliphatic rings. The van der Waals surface area contributed by atoms with E-state index >= 15 is 0 Å². The van der Waals surface area contributed by atoms with E-state index < -0.39 is 0 Å². The molecule has 1 aliphatic carbocycles. The van der Waals surface area contributed by atoms with E-state index in [-0.39, 0.29) is 17.5 Å². The van der Waals surface area contributed by atoms with Crippen LogP contribution in [-0.4, -0.2) is 30.8 Å². The second kappa shape index (κ2) is 6.63. The van der Waals surface area contributed by atoms with Gasteiger partial charge in [0.2, 0.25) is 0 Å². The number of hydrogen-bond donors (Lipinski definition) is 3. The summed E-state index contributed by atoms with van der Waals surface area (Å²) in [6.07, 6.45) is 1.34. The number of carbonyl (C=O) groups is 1. The number of anilines is 1. The number of amides is 2. The summed E-state index contributed by atoms with van der Waals surface area (Å²) in [5.41, 5.74) is 2.18. The fourth-order valence-corrected chi connectivity index (χ4v) is 4.10. The van der Waals surface area contributed by atoms with Gasteiger partial charge in [-0.3, -0.25) is 0 Å². The van der Waals surface area contributed by atoms with Crippen LogP contribution in [0.1, 0.15) is 39.7 Å². The summed E-state index contributed by atoms with van der Waals surface area (Å²) < 4.78 is 5.77. The van der Waals surface area contributed by atoms with Gasteiger partial charge in [0.1, 0.15) is 0 Å². The van der Waals surface area contributed by atoms with Crippen LogP contribution in [0.4, 0.5) is 10.5 Å². The molecule has 3 rings (SSSR count). The molecule has 0 spiro atoms. The molecule has 0 radical (unpaired) electrons. The quantitative estimate of drug-likeness (QED) is 0.777. The predicted molar refractivity (Wildman–Crippen MR) is 96.0 cm³/mol. The molecule has 1 saturated heterocycles. The molecule has 1 saturated carbocycles. The summed E-state index contributed by atoms with van der Waals surface area (Å²) in [5, 5.41) is 9.50. The standard InChI is InChI=1S/C19H29N3O2/c1-12(2)21-14-7-5-6-13(10-14)11-20-18(23)22-16-15-8-9-24-17(15)19(16,3)4/h5-7,10,12,15-17,21H,8-9,11H2,1-4H3,(H2,20,22,23)/t15-,16-,17-/m1/s1. The third-order valence-electron chi connectivity index (χ3n) is 5.22. The third-order valence-corrected chi connectivity index (χ3v) is 5.22. The Labute approximate surface area is 144 Å². The molecule has 2 fully saturated rings. The number of benzene rings is 1. The van der Waals surface area contributed by atoms with Gasteiger partial charge in [-0.2, -0.15) is 0 Å². The van der Waals surface area contributed by atoms with Crippen LogP contribution in [-0.2, 0) is 11.3 Å². The summed E-state index contributed by atoms with van der Waals surface area (Å²) in [6.45, 7) is 9.90. The Bertz CT molecular complexity index is 600. The normalized spacial score (nSPS) is 27.3. The van der Waals surface area contributed by atoms with Crippen LogP contribution in [0.3, 0.4) is 0 Å². The smallest absolute Gasteiger partial charge is 0.315 e. The number of rotatable bonds is 5. The molecule has 0 aromatic heterocycles. The van der Waals surface area contributed by atoms with Gasteiger partial charge in [-0.05, 0) is 38.0 Å². The molecule has 3 N–H and O–H groups in total. The van der Waals surface area contributed by atoms with Gasteiger partial charge in [0, 0.05) is 42.3 Å². The second-order valence-electron chi connectivity index (χ2n) is 7.87. The lowest BCUT2D eigenvalue weighted by Gasteiger charge is -2.54. The maximum absolute atomic E-state index is 12.3. The molecule has 0 bridgehead atoms. The van der Waals surface area contributed by atoms with Crippen molar-refractivity contribution in [3.63, 3.8) is 0 Å². The molecule has 132 valence electrons. The first-order valence-electron chi connectivity index (χ1n) is 8.89. The number of hydrogen-bond acceptors (Lipinski definition) is 3. The van der Waals surface area contributed by atoms with Crippen molar-refractivity contribution in [2.75, 3.05) is 11.9 Å². The monoisotopic (exact) mass is 331 g/mol. The van der Waals surface area contributed by atoms with E-state index in [4.69, 9.17) is 4.74 Å². The van der Waals surface area contributed by atoms with Gasteiger partial charge in [-0.15, -0.1) is 0 Å². The van der Waals surface area contributed by atoms with Gasteiger partial charge in [-0.25, -0.2) is 4.79 Å². The van der Waals surface area contributed by atoms with Crippen LogP contribution in [0.25, 0.3) is 0 Å². The molecule has 5 nitrogen and oxygen atoms in total. The molecule has 1 aromatic rings. The molecule has 1 aromatic carbocycles. The van der Waals surface area contributed by atoms with E-state index in [0.29, 0.717) is 24.6 Å². The zero-order valence-corrected chi connectivity index (χ0v) is 15.1. The third kappa shape index (κ3) is 3.36. The Kier molecular flexibility index (Phi) is 4.72. The first-order valence-corrected chi connectivity index (χ1v) is 8.89. The van der Waals surface area contributed by atoms with Crippen molar-refractivity contribution < 1.29 is 9.53 Å². The zero-order valence-electron chi connectivity index (χ0n) is 15.1. The van der Waals surface area contributed by atoms with Crippen LogP contribution in [0, 0.1) is 11.3 Å². The number of urea groups is 1. The predicted octanol–water partition coefficient (Wildman–Crippen LogP) is 3.12. The van der Waals surface area contributed by atoms with Crippen molar-refractivity contribution in [3.05, 3.63) is 29.8 Å². The Balaban J connectivity index is 1.51. The highest BCUT2D eigenvalue weighted by Crippen LogP contribution is 2.52. The lowest BCUT2D eigenvalue weighted by atomic mass is 9.57. The minimum Gasteiger partial charge on any atom is -0.383 e. The Morgan fingerprint density at radius 3 is 2.92 bits per heavy atom. The topological polar surface area (TPSA) is 62.4 Å². The second-order valence-corrected chi connectivity index (χ2v) is 7.87. The molecule has 1 aliphatic heterocycles. The van der Waals surface area contributed by atoms with E-state index in [1.54, 1.807) is 0 Å². The molecule has 1 heterocycles. The fraction of sp³-hybridized carbons (Fsp3) is 0.632. The van der Waals surface area contributed by atoms with Crippen molar-refractivity contribution in [1.29, 1.82) is 0 Å². The number of ether oxygens (including phenoxy) is 1. The number of carbonyl (C=O) groups excluding carboxylic acids is 1. The molecular formula is C19H29N3O2. The van der Waals surface area contributed by atoms with Crippen LogP contribution in [0.5, 0.6) is 0 Å². The molecular weight excluding hydrogens is 302 g/mol. The van der Waals surface area contributed by atoms with Crippen molar-refractivity contribution in [2.45, 2.75) is 58.8 Å². The Hall–Kier alpha value is -1.75. The number of fused-ring (bicyclic) bond motifs is 1. The summed E-state index contributed by atoms with van der Waals surface area (Å²) in [5.74, 6) is 0.462. The largest absolute Gasteiger partial charge is 0.383 e. The van der Waals surface area contributed by atoms with Crippen LogP contribution < -0.4 is 16.0 Å². The minimum atomic E-state index is -0.0966. The van der Waals surface area contributed by atoms with Gasteiger partial charge < -0.3 is 20.7 Å². The Morgan fingerprint density at radius 1 is 1.38 bits per heavy atom. The lowest BCUT2D eigenvalue weighted by molar-refractivity contribution is -0.108. The maximum Gasteiger partial charge on any atom is 0.315 e. The van der Waals surface area contributed by atoms with Crippen LogP contribution in [0.2, 0.25) is 0 Å². The van der Waals surface area contributed by atoms with E-state index in [9.17, 15) is 4.79 Å². The van der Waals surface area contributed by atoms with Crippen molar-refractivity contribution in [1.82, 2.24) is 10.6 Å². The summed E-state index contributed by atoms with van der Waals surface area (Å²) >= 11 is 0. The maximum atomic E-state index is 12.3. The molecule has 3 atom stereocenters. The first-order chi connectivity index (χ1) is 11.4. The average Bonchev–Trinajstić information content (AvgIpc) is 2.97. The van der Waals surface area contributed by atoms with Crippen molar-refractivity contribution >= 4 is 11.7 Å². The fourth-order valence-electron chi connectivity index (χ4n) is 4.10. The summed E-state index contributed by atoms with van der Waals surface area (Å²) in [6, 6.07) is 8.64. The zero-order chi connectivity index (χ0) is 17.3. The van der Waals surface area contributed by atoms with Crippen molar-refractivity contribution in [2.24, 2.45) is 11.3 Å². The number of nitrogens with one attached hydrogen (secondary N) is 3. The minimum absolute atomic E-state index is 0.0135. The van der Waals surface area contributed by atoms with E-state index in [1.165, 1.54) is 0 Å². The Morgan fingerprint density at radius 2 is 2.17 bits per heavy atom. The highest BCUT2D eigenvalue weighted by Gasteiger charge is 2.59. The van der Waals surface area contributed by atoms with E-state index in [0.717, 1.165) is 24.3 Å². The molecule has 2 amide bonds. The highest BCUT2D eigenvalue weighted by atomic mass is 16.5. The van der Waals surface area contributed by atoms with E-state index in [2.05, 4.69) is 49.7 Å². The average molecular weight is 331 g/mol. The van der Waals surface area contributed by atoms with Gasteiger partial charge in [0.15, 0.2) is 0 Å². The summed E-state index contributed by atoms with van der Waals surface area (Å²) in [7, 11) is 0. The lowest BCUT2D eigenvalue weighted by Crippen LogP contribution is -2.67. The molecule has 5 heteroatoms. The summed E-state index contributed by atoms with van der Waals surface area (Å²) in [4.78, 5) is 12.3. The van der Waals surface area contributed by atoms with Gasteiger partial charge in [0.25, 0.3) is 0 Å². The van der Waals surface area contributed by atoms with Gasteiger partial charge in [-0.1, -0.05) is 26.0 Å². The van der Waals surface area contributed by atoms with E-state index in [1.807, 2.05) is 18.2 Å². The highest BCUT2D eigenvalue weighted by molar-refractivity contribution is 5.74. The molecule has 24 heavy (non-hydrogen) atoms. The van der Waals surface area contributed by atoms with Crippen molar-refractivity contribution in [3.8, 4) is 0 Å². The first kappa shape index (κ1) is 17.1. The SMILES string of the molecule is CC(C)Nc1cccc(CNC(=O)N[C@@H]2[C@H]3CCO[C@H]3C2(C)C)c1. The molecule has 0 unspecified atom stereocenters. The van der Waals surface area contributed by atoms with Crippen LogP contribution >= 0.6 is 0 Å².